The predicted octanol–water partition coefficient (Wildman–Crippen LogP) is -0.773. The monoisotopic (exact) mass is 556 g/mol. The molecule has 0 fully saturated rings. The van der Waals surface area contributed by atoms with Gasteiger partial charge in [-0.05, 0) is 25.9 Å². The fourth-order valence-corrected chi connectivity index (χ4v) is 3.99. The van der Waals surface area contributed by atoms with Crippen LogP contribution < -0.4 is 16.4 Å². The maximum atomic E-state index is 12.4. The minimum atomic E-state index is -3.24. The lowest BCUT2D eigenvalue weighted by atomic mass is 10.0. The first-order valence-electron chi connectivity index (χ1n) is 10.5. The number of benzene rings is 2. The highest BCUT2D eigenvalue weighted by Gasteiger charge is 2.40. The topological polar surface area (TPSA) is 303 Å². The van der Waals surface area contributed by atoms with E-state index < -0.39 is 74.8 Å². The second-order valence-corrected chi connectivity index (χ2v) is 8.81. The van der Waals surface area contributed by atoms with Crippen LogP contribution in [0.4, 0.5) is 10.8 Å². The smallest absolute Gasteiger partial charge is 0.291 e. The normalized spacial score (nSPS) is 11.5. The highest BCUT2D eigenvalue weighted by Crippen LogP contribution is 2.51. The molecule has 3 rings (SSSR count). The molecule has 38 heavy (non-hydrogen) atoms. The zero-order valence-electron chi connectivity index (χ0n) is 19.2. The van der Waals surface area contributed by atoms with Crippen molar-refractivity contribution in [3.8, 4) is 51.7 Å². The predicted molar refractivity (Wildman–Crippen MR) is 129 cm³/mol. The lowest BCUT2D eigenvalue weighted by molar-refractivity contribution is -0.185. The Labute approximate surface area is 216 Å². The van der Waals surface area contributed by atoms with Crippen molar-refractivity contribution in [2.75, 3.05) is 24.1 Å². The number of nitrogens with zero attached hydrogens (tertiary/aromatic N) is 1. The minimum absolute atomic E-state index is 0.00534. The lowest BCUT2D eigenvalue weighted by Crippen LogP contribution is -2.40. The largest absolute Gasteiger partial charge is 0.504 e. The number of thiazole rings is 1. The van der Waals surface area contributed by atoms with Gasteiger partial charge in [0.05, 0.1) is 0 Å². The molecular weight excluding hydrogens is 532 g/mol. The molecule has 0 unspecified atom stereocenters. The van der Waals surface area contributed by atoms with E-state index in [-0.39, 0.29) is 42.2 Å². The number of aromatic nitrogens is 1. The summed E-state index contributed by atoms with van der Waals surface area (Å²) in [6, 6.07) is 0. The minimum Gasteiger partial charge on any atom is -0.504 e. The number of nitrogens with two attached hydrogens (primary N) is 1. The van der Waals surface area contributed by atoms with E-state index in [4.69, 9.17) is 5.73 Å². The van der Waals surface area contributed by atoms with Crippen LogP contribution in [-0.4, -0.2) is 80.2 Å². The van der Waals surface area contributed by atoms with Crippen molar-refractivity contribution in [2.45, 2.75) is 18.6 Å². The number of hydrogen-bond acceptors (Lipinski definition) is 16. The molecule has 1 aromatic heterocycles. The van der Waals surface area contributed by atoms with E-state index in [1.165, 1.54) is 0 Å². The van der Waals surface area contributed by atoms with E-state index in [9.17, 15) is 61.0 Å². The van der Waals surface area contributed by atoms with Crippen molar-refractivity contribution in [2.24, 2.45) is 0 Å². The van der Waals surface area contributed by atoms with Gasteiger partial charge in [0.25, 0.3) is 11.7 Å². The molecular formula is C21H24N4O12S. The molecule has 1 amide bonds. The standard InChI is InChI=1S/C21H24N4O12S/c22-20-24-8(5-38-20)21(36,37)19(35)25-9-14(30)10(26)6(11(27)15(9)31)1-3-23-4-2-7-12(28)16(32)18(34)17(33)13(7)29/h5,23,26-34,36-37H,1-4H2,(H2,22,24)(H,25,35). The Bertz CT molecular complexity index is 1330. The second kappa shape index (κ2) is 10.4. The van der Waals surface area contributed by atoms with Gasteiger partial charge in [0.15, 0.2) is 39.6 Å². The van der Waals surface area contributed by atoms with Crippen molar-refractivity contribution in [3.63, 3.8) is 0 Å². The van der Waals surface area contributed by atoms with Crippen LogP contribution in [0.3, 0.4) is 0 Å². The average molecular weight is 557 g/mol. The van der Waals surface area contributed by atoms with Crippen LogP contribution in [-0.2, 0) is 23.4 Å². The van der Waals surface area contributed by atoms with Gasteiger partial charge in [-0.2, -0.15) is 0 Å². The highest BCUT2D eigenvalue weighted by molar-refractivity contribution is 7.13. The Kier molecular flexibility index (Phi) is 7.68. The molecule has 0 aliphatic heterocycles. The zero-order valence-corrected chi connectivity index (χ0v) is 20.0. The molecule has 0 radical (unpaired) electrons. The number of anilines is 2. The number of nitrogen functional groups attached to an aromatic ring is 1. The van der Waals surface area contributed by atoms with Gasteiger partial charge in [0.2, 0.25) is 17.2 Å². The van der Waals surface area contributed by atoms with Crippen LogP contribution in [0.15, 0.2) is 5.38 Å². The van der Waals surface area contributed by atoms with Gasteiger partial charge in [0, 0.05) is 16.5 Å². The molecule has 0 saturated heterocycles. The molecule has 2 aromatic carbocycles. The summed E-state index contributed by atoms with van der Waals surface area (Å²) >= 11 is 0.806. The van der Waals surface area contributed by atoms with Crippen LogP contribution in [0.2, 0.25) is 0 Å². The fourth-order valence-electron chi connectivity index (χ4n) is 3.39. The van der Waals surface area contributed by atoms with Crippen LogP contribution >= 0.6 is 11.3 Å². The fraction of sp³-hybridized carbons (Fsp3) is 0.238. The van der Waals surface area contributed by atoms with Gasteiger partial charge in [-0.15, -0.1) is 11.3 Å². The molecule has 206 valence electrons. The van der Waals surface area contributed by atoms with Crippen molar-refractivity contribution < 1.29 is 61.0 Å². The summed E-state index contributed by atoms with van der Waals surface area (Å²) in [5.41, 5.74) is 3.29. The van der Waals surface area contributed by atoms with Crippen molar-refractivity contribution >= 4 is 28.1 Å². The number of phenolic OH excluding ortho intramolecular Hbond substituents is 9. The number of aromatic hydroxyl groups is 9. The molecule has 0 aliphatic rings. The zero-order chi connectivity index (χ0) is 28.5. The van der Waals surface area contributed by atoms with Crippen molar-refractivity contribution in [1.29, 1.82) is 0 Å². The molecule has 17 heteroatoms. The maximum absolute atomic E-state index is 12.4. The summed E-state index contributed by atoms with van der Waals surface area (Å²) < 4.78 is 0. The number of carbonyl (C=O) groups excluding carboxylic acids is 1. The van der Waals surface area contributed by atoms with Gasteiger partial charge in [-0.25, -0.2) is 4.98 Å². The third kappa shape index (κ3) is 4.98. The van der Waals surface area contributed by atoms with E-state index in [0.29, 0.717) is 0 Å². The van der Waals surface area contributed by atoms with Gasteiger partial charge < -0.3 is 72.5 Å². The Morgan fingerprint density at radius 1 is 0.763 bits per heavy atom. The third-order valence-electron chi connectivity index (χ3n) is 5.50. The van der Waals surface area contributed by atoms with Crippen molar-refractivity contribution in [3.05, 3.63) is 22.2 Å². The Morgan fingerprint density at radius 3 is 1.61 bits per heavy atom. The first-order chi connectivity index (χ1) is 17.7. The number of hydrogen-bond donors (Lipinski definition) is 14. The summed E-state index contributed by atoms with van der Waals surface area (Å²) in [7, 11) is 0. The van der Waals surface area contributed by atoms with E-state index in [1.807, 2.05) is 0 Å². The van der Waals surface area contributed by atoms with Crippen LogP contribution in [0.5, 0.6) is 51.7 Å². The number of nitrogens with one attached hydrogen (secondary N) is 2. The molecule has 1 heterocycles. The average Bonchev–Trinajstić information content (AvgIpc) is 3.33. The SMILES string of the molecule is Nc1nc(C(O)(O)C(=O)Nc2c(O)c(O)c(CCNCCc3c(O)c(O)c(O)c(O)c3O)c(O)c2O)cs1. The molecule has 15 N–H and O–H groups in total. The summed E-state index contributed by atoms with van der Waals surface area (Å²) in [6.07, 6.45) is -0.383. The number of amides is 1. The molecule has 0 saturated carbocycles. The Balaban J connectivity index is 1.70. The van der Waals surface area contributed by atoms with E-state index in [2.05, 4.69) is 10.3 Å². The van der Waals surface area contributed by atoms with Gasteiger partial charge >= 0.3 is 0 Å². The van der Waals surface area contributed by atoms with Crippen LogP contribution in [0, 0.1) is 0 Å². The van der Waals surface area contributed by atoms with Gasteiger partial charge in [-0.1, -0.05) is 0 Å². The maximum Gasteiger partial charge on any atom is 0.291 e. The summed E-state index contributed by atoms with van der Waals surface area (Å²) in [5.74, 6) is -13.8. The summed E-state index contributed by atoms with van der Waals surface area (Å²) in [4.78, 5) is 15.9. The second-order valence-electron chi connectivity index (χ2n) is 7.92. The van der Waals surface area contributed by atoms with E-state index in [1.54, 1.807) is 5.32 Å². The number of carbonyl (C=O) groups is 1. The molecule has 0 atom stereocenters. The Morgan fingerprint density at radius 2 is 1.18 bits per heavy atom. The van der Waals surface area contributed by atoms with Gasteiger partial charge in [0.1, 0.15) is 11.4 Å². The quantitative estimate of drug-likeness (QED) is 0.0665. The molecule has 0 aliphatic carbocycles. The molecule has 0 bridgehead atoms. The summed E-state index contributed by atoms with van der Waals surface area (Å²) in [6.45, 7) is -0.0421. The number of phenols is 9. The van der Waals surface area contributed by atoms with E-state index in [0.717, 1.165) is 16.7 Å². The van der Waals surface area contributed by atoms with Gasteiger partial charge in [-0.3, -0.25) is 4.79 Å². The molecule has 0 spiro atoms. The van der Waals surface area contributed by atoms with Crippen molar-refractivity contribution in [1.82, 2.24) is 10.3 Å². The molecule has 3 aromatic rings. The third-order valence-corrected chi connectivity index (χ3v) is 6.17. The number of aliphatic hydroxyl groups is 2. The van der Waals surface area contributed by atoms with E-state index >= 15 is 0 Å². The number of rotatable bonds is 9. The first kappa shape index (κ1) is 28.0. The molecule has 16 nitrogen and oxygen atoms in total. The van der Waals surface area contributed by atoms with Crippen LogP contribution in [0.25, 0.3) is 0 Å². The van der Waals surface area contributed by atoms with Crippen LogP contribution in [0.1, 0.15) is 16.8 Å². The lowest BCUT2D eigenvalue weighted by Gasteiger charge is -2.21. The summed E-state index contributed by atoms with van der Waals surface area (Å²) in [5, 5.41) is 115. The Hall–Kier alpha value is -4.58. The highest BCUT2D eigenvalue weighted by atomic mass is 32.1. The first-order valence-corrected chi connectivity index (χ1v) is 11.4.